The molecule has 0 aliphatic carbocycles. The van der Waals surface area contributed by atoms with Crippen LogP contribution in [0.4, 0.5) is 0 Å². The van der Waals surface area contributed by atoms with Crippen LogP contribution >= 0.6 is 0 Å². The summed E-state index contributed by atoms with van der Waals surface area (Å²) < 4.78 is 34.1. The number of hydrogen-bond acceptors (Lipinski definition) is 3. The van der Waals surface area contributed by atoms with Gasteiger partial charge in [0, 0.05) is 12.0 Å². The molecule has 4 rings (SSSR count). The number of rotatable bonds is 6. The van der Waals surface area contributed by atoms with E-state index in [0.29, 0.717) is 17.1 Å². The van der Waals surface area contributed by atoms with Crippen LogP contribution in [-0.2, 0) is 16.4 Å². The molecule has 1 aliphatic rings. The van der Waals surface area contributed by atoms with Gasteiger partial charge in [0.2, 0.25) is 0 Å². The maximum absolute atomic E-state index is 13.7. The summed E-state index contributed by atoms with van der Waals surface area (Å²) in [5, 5.41) is 0. The Bertz CT molecular complexity index is 1180. The van der Waals surface area contributed by atoms with Gasteiger partial charge in [0.15, 0.2) is 0 Å². The van der Waals surface area contributed by atoms with E-state index < -0.39 is 10.0 Å². The van der Waals surface area contributed by atoms with Gasteiger partial charge in [-0.25, -0.2) is 8.42 Å². The Morgan fingerprint density at radius 2 is 1.58 bits per heavy atom. The van der Waals surface area contributed by atoms with Gasteiger partial charge in [0.05, 0.1) is 17.7 Å². The van der Waals surface area contributed by atoms with Crippen LogP contribution in [0.15, 0.2) is 89.8 Å². The smallest absolute Gasteiger partial charge is 0.264 e. The Balaban J connectivity index is 1.77. The van der Waals surface area contributed by atoms with E-state index in [1.165, 1.54) is 5.56 Å². The number of aryl methyl sites for hydroxylation is 1. The third kappa shape index (κ3) is 4.37. The van der Waals surface area contributed by atoms with Gasteiger partial charge < -0.3 is 4.74 Å². The number of methoxy groups -OCH3 is 1. The number of benzene rings is 3. The lowest BCUT2D eigenvalue weighted by Crippen LogP contribution is -2.33. The maximum atomic E-state index is 13.7. The average molecular weight is 434 g/mol. The molecular formula is C26H27NO3S. The molecule has 0 spiro atoms. The van der Waals surface area contributed by atoms with Crippen molar-refractivity contribution in [2.24, 2.45) is 5.41 Å². The summed E-state index contributed by atoms with van der Waals surface area (Å²) in [6, 6.07) is 24.8. The van der Waals surface area contributed by atoms with Crippen LogP contribution in [0, 0.1) is 12.3 Å². The van der Waals surface area contributed by atoms with Crippen LogP contribution in [-0.4, -0.2) is 26.4 Å². The number of hydrogen-bond donors (Lipinski definition) is 0. The van der Waals surface area contributed by atoms with Crippen LogP contribution in [0.2, 0.25) is 0 Å². The van der Waals surface area contributed by atoms with Gasteiger partial charge in [-0.15, -0.1) is 0 Å². The van der Waals surface area contributed by atoms with E-state index in [1.54, 1.807) is 23.5 Å². The molecule has 0 bridgehead atoms. The van der Waals surface area contributed by atoms with Crippen molar-refractivity contribution in [3.05, 3.63) is 102 Å². The minimum Gasteiger partial charge on any atom is -0.497 e. The summed E-state index contributed by atoms with van der Waals surface area (Å²) in [5.74, 6) is 0.738. The Kier molecular flexibility index (Phi) is 5.63. The normalized spacial score (nSPS) is 18.7. The molecular weight excluding hydrogens is 406 g/mol. The van der Waals surface area contributed by atoms with E-state index in [4.69, 9.17) is 4.74 Å². The highest BCUT2D eigenvalue weighted by atomic mass is 32.2. The first-order valence-corrected chi connectivity index (χ1v) is 11.8. The summed E-state index contributed by atoms with van der Waals surface area (Å²) in [6.45, 7) is 4.46. The highest BCUT2D eigenvalue weighted by Gasteiger charge is 2.40. The predicted octanol–water partition coefficient (Wildman–Crippen LogP) is 5.30. The molecule has 0 saturated carbocycles. The monoisotopic (exact) mass is 433 g/mol. The topological polar surface area (TPSA) is 46.6 Å². The maximum Gasteiger partial charge on any atom is 0.264 e. The molecule has 3 aromatic rings. The second-order valence-electron chi connectivity index (χ2n) is 8.40. The van der Waals surface area contributed by atoms with Crippen LogP contribution in [0.1, 0.15) is 23.6 Å². The van der Waals surface area contributed by atoms with Gasteiger partial charge in [-0.1, -0.05) is 61.0 Å². The van der Waals surface area contributed by atoms with E-state index in [1.807, 2.05) is 61.5 Å². The Labute approximate surface area is 184 Å². The highest BCUT2D eigenvalue weighted by molar-refractivity contribution is 7.89. The predicted molar refractivity (Wildman–Crippen MR) is 124 cm³/mol. The van der Waals surface area contributed by atoms with E-state index >= 15 is 0 Å². The number of sulfonamides is 1. The van der Waals surface area contributed by atoms with Crippen molar-refractivity contribution in [1.29, 1.82) is 0 Å². The fourth-order valence-corrected chi connectivity index (χ4v) is 5.69. The Hall–Kier alpha value is -3.05. The van der Waals surface area contributed by atoms with E-state index in [0.717, 1.165) is 23.3 Å². The summed E-state index contributed by atoms with van der Waals surface area (Å²) in [7, 11) is -2.08. The van der Waals surface area contributed by atoms with Crippen molar-refractivity contribution >= 4 is 15.7 Å². The second kappa shape index (κ2) is 8.23. The van der Waals surface area contributed by atoms with Crippen LogP contribution in [0.3, 0.4) is 0 Å². The molecule has 1 unspecified atom stereocenters. The molecule has 0 N–H and O–H groups in total. The summed E-state index contributed by atoms with van der Waals surface area (Å²) in [4.78, 5) is 0.307. The Morgan fingerprint density at radius 3 is 2.19 bits per heavy atom. The molecule has 1 aliphatic heterocycles. The van der Waals surface area contributed by atoms with Crippen molar-refractivity contribution in [2.75, 3.05) is 13.7 Å². The molecule has 0 saturated heterocycles. The van der Waals surface area contributed by atoms with Crippen LogP contribution in [0.5, 0.6) is 5.75 Å². The zero-order valence-electron chi connectivity index (χ0n) is 18.1. The summed E-state index contributed by atoms with van der Waals surface area (Å²) >= 11 is 0. The van der Waals surface area contributed by atoms with Crippen molar-refractivity contribution in [3.8, 4) is 5.75 Å². The zero-order valence-corrected chi connectivity index (χ0v) is 18.9. The van der Waals surface area contributed by atoms with E-state index in [9.17, 15) is 8.42 Å². The average Bonchev–Trinajstić information content (AvgIpc) is 3.13. The quantitative estimate of drug-likeness (QED) is 0.530. The van der Waals surface area contributed by atoms with Crippen molar-refractivity contribution < 1.29 is 13.2 Å². The number of nitrogens with zero attached hydrogens (tertiary/aromatic N) is 1. The largest absolute Gasteiger partial charge is 0.497 e. The van der Waals surface area contributed by atoms with Crippen molar-refractivity contribution in [3.63, 3.8) is 0 Å². The standard InChI is InChI=1S/C26H27NO3S/c1-20-9-15-24(16-10-20)31(28,29)27-19-26(2,17-21-7-5-4-6-8-21)18-25(27)22-11-13-23(30-3)14-12-22/h4-16,18H,17,19H2,1-3H3. The van der Waals surface area contributed by atoms with Gasteiger partial charge in [-0.05, 0) is 60.9 Å². The molecule has 5 heteroatoms. The number of ether oxygens (including phenoxy) is 1. The SMILES string of the molecule is COc1ccc(C2=CC(C)(Cc3ccccc3)CN2S(=O)(=O)c2ccc(C)cc2)cc1. The molecule has 0 fully saturated rings. The van der Waals surface area contributed by atoms with Crippen molar-refractivity contribution in [1.82, 2.24) is 4.31 Å². The minimum absolute atomic E-state index is 0.307. The van der Waals surface area contributed by atoms with Gasteiger partial charge in [0.1, 0.15) is 5.75 Å². The molecule has 4 nitrogen and oxygen atoms in total. The molecule has 1 atom stereocenters. The summed E-state index contributed by atoms with van der Waals surface area (Å²) in [5.41, 5.74) is 3.45. The molecule has 3 aromatic carbocycles. The fraction of sp³-hybridized carbons (Fsp3) is 0.231. The van der Waals surface area contributed by atoms with Gasteiger partial charge >= 0.3 is 0 Å². The van der Waals surface area contributed by atoms with E-state index in [2.05, 4.69) is 25.1 Å². The zero-order chi connectivity index (χ0) is 22.1. The molecule has 160 valence electrons. The van der Waals surface area contributed by atoms with Gasteiger partial charge in [-0.3, -0.25) is 4.31 Å². The molecule has 0 amide bonds. The van der Waals surface area contributed by atoms with Gasteiger partial charge in [-0.2, -0.15) is 0 Å². The third-order valence-electron chi connectivity index (χ3n) is 5.70. The lowest BCUT2D eigenvalue weighted by Gasteiger charge is -2.27. The summed E-state index contributed by atoms with van der Waals surface area (Å²) in [6.07, 6.45) is 2.86. The third-order valence-corrected chi connectivity index (χ3v) is 7.48. The first kappa shape index (κ1) is 21.2. The van der Waals surface area contributed by atoms with Crippen molar-refractivity contribution in [2.45, 2.75) is 25.2 Å². The van der Waals surface area contributed by atoms with Crippen LogP contribution in [0.25, 0.3) is 5.70 Å². The second-order valence-corrected chi connectivity index (χ2v) is 10.3. The van der Waals surface area contributed by atoms with E-state index in [-0.39, 0.29) is 5.41 Å². The lowest BCUT2D eigenvalue weighted by atomic mass is 9.84. The highest BCUT2D eigenvalue weighted by Crippen LogP contribution is 2.42. The molecule has 1 heterocycles. The molecule has 0 radical (unpaired) electrons. The fourth-order valence-electron chi connectivity index (χ4n) is 4.07. The first-order chi connectivity index (χ1) is 14.8. The minimum atomic E-state index is -3.70. The Morgan fingerprint density at radius 1 is 0.935 bits per heavy atom. The molecule has 31 heavy (non-hydrogen) atoms. The van der Waals surface area contributed by atoms with Gasteiger partial charge in [0.25, 0.3) is 10.0 Å². The lowest BCUT2D eigenvalue weighted by molar-refractivity contribution is 0.377. The molecule has 0 aromatic heterocycles. The van der Waals surface area contributed by atoms with Crippen LogP contribution < -0.4 is 4.74 Å². The first-order valence-electron chi connectivity index (χ1n) is 10.3.